The summed E-state index contributed by atoms with van der Waals surface area (Å²) in [4.78, 5) is 12.6. The lowest BCUT2D eigenvalue weighted by Gasteiger charge is -2.29. The predicted octanol–water partition coefficient (Wildman–Crippen LogP) is 4.43. The van der Waals surface area contributed by atoms with Crippen LogP contribution >= 0.6 is 0 Å². The van der Waals surface area contributed by atoms with Gasteiger partial charge in [-0.25, -0.2) is 4.79 Å². The zero-order valence-electron chi connectivity index (χ0n) is 18.9. The van der Waals surface area contributed by atoms with Crippen LogP contribution in [0.5, 0.6) is 11.5 Å². The molecule has 1 amide bonds. The number of ether oxygens (including phenoxy) is 3. The molecular formula is C27H28N2O4. The van der Waals surface area contributed by atoms with Crippen LogP contribution < -0.4 is 20.1 Å². The van der Waals surface area contributed by atoms with Crippen molar-refractivity contribution in [1.29, 1.82) is 0 Å². The first-order valence-corrected chi connectivity index (χ1v) is 11.3. The molecule has 2 N–H and O–H groups in total. The van der Waals surface area contributed by atoms with Gasteiger partial charge in [-0.15, -0.1) is 0 Å². The lowest BCUT2D eigenvalue weighted by molar-refractivity contribution is 0.141. The molecule has 3 aromatic rings. The zero-order chi connectivity index (χ0) is 22.8. The third kappa shape index (κ3) is 4.02. The molecule has 0 saturated carbocycles. The highest BCUT2D eigenvalue weighted by Gasteiger charge is 2.29. The Morgan fingerprint density at radius 2 is 1.70 bits per heavy atom. The number of nitrogens with one attached hydrogen (secondary N) is 2. The molecule has 0 radical (unpaired) electrons. The second-order valence-electron chi connectivity index (χ2n) is 8.37. The number of hydrogen-bond acceptors (Lipinski definition) is 5. The van der Waals surface area contributed by atoms with Crippen LogP contribution in [-0.2, 0) is 11.2 Å². The molecule has 170 valence electrons. The van der Waals surface area contributed by atoms with E-state index in [4.69, 9.17) is 14.2 Å². The number of hydrogen-bond donors (Lipinski definition) is 2. The van der Waals surface area contributed by atoms with E-state index < -0.39 is 6.09 Å². The molecule has 3 aromatic carbocycles. The number of methoxy groups -OCH3 is 2. The second kappa shape index (κ2) is 9.16. The van der Waals surface area contributed by atoms with Crippen LogP contribution in [0.25, 0.3) is 11.1 Å². The molecule has 33 heavy (non-hydrogen) atoms. The van der Waals surface area contributed by atoms with Crippen molar-refractivity contribution in [2.45, 2.75) is 18.4 Å². The topological polar surface area (TPSA) is 68.8 Å². The van der Waals surface area contributed by atoms with Crippen molar-refractivity contribution in [3.63, 3.8) is 0 Å². The summed E-state index contributed by atoms with van der Waals surface area (Å²) in [5.41, 5.74) is 7.06. The maximum Gasteiger partial charge on any atom is 0.407 e. The van der Waals surface area contributed by atoms with Crippen LogP contribution in [0.4, 0.5) is 4.79 Å². The Balaban J connectivity index is 1.25. The van der Waals surface area contributed by atoms with Gasteiger partial charge in [0.05, 0.1) is 20.3 Å². The highest BCUT2D eigenvalue weighted by atomic mass is 16.5. The smallest absolute Gasteiger partial charge is 0.407 e. The number of benzene rings is 3. The Bertz CT molecular complexity index is 1110. The van der Waals surface area contributed by atoms with E-state index in [-0.39, 0.29) is 12.0 Å². The molecule has 0 aromatic heterocycles. The van der Waals surface area contributed by atoms with Crippen molar-refractivity contribution in [2.24, 2.45) is 0 Å². The largest absolute Gasteiger partial charge is 0.497 e. The zero-order valence-corrected chi connectivity index (χ0v) is 18.9. The van der Waals surface area contributed by atoms with E-state index in [0.29, 0.717) is 13.2 Å². The first kappa shape index (κ1) is 21.3. The van der Waals surface area contributed by atoms with E-state index in [1.807, 2.05) is 36.4 Å². The van der Waals surface area contributed by atoms with Crippen molar-refractivity contribution in [3.8, 4) is 22.6 Å². The van der Waals surface area contributed by atoms with Crippen molar-refractivity contribution >= 4 is 6.09 Å². The standard InChI is InChI=1S/C27H28N2O4/c1-31-18-13-17-11-12-28-24(26(17)25(14-18)32-2)15-29-27(30)33-16-23-21-9-5-3-7-19(21)20-8-4-6-10-22(20)23/h3-10,13-14,23-24,28H,11-12,15-16H2,1-2H3,(H,29,30). The minimum atomic E-state index is -0.418. The molecule has 0 fully saturated rings. The van der Waals surface area contributed by atoms with Crippen molar-refractivity contribution in [1.82, 2.24) is 10.6 Å². The van der Waals surface area contributed by atoms with Gasteiger partial charge in [0.1, 0.15) is 18.1 Å². The SMILES string of the molecule is COc1cc2c(c(OC)c1)C(CNC(=O)OCC1c3ccccc3-c3ccccc31)NCC2. The average Bonchev–Trinajstić information content (AvgIpc) is 3.19. The van der Waals surface area contributed by atoms with E-state index in [1.54, 1.807) is 14.2 Å². The van der Waals surface area contributed by atoms with Crippen LogP contribution in [0.3, 0.4) is 0 Å². The molecule has 1 heterocycles. The molecule has 0 spiro atoms. The molecule has 0 bridgehead atoms. The summed E-state index contributed by atoms with van der Waals surface area (Å²) in [6.45, 7) is 1.53. The lowest BCUT2D eigenvalue weighted by atomic mass is 9.93. The average molecular weight is 445 g/mol. The summed E-state index contributed by atoms with van der Waals surface area (Å²) < 4.78 is 16.7. The molecule has 1 aliphatic carbocycles. The highest BCUT2D eigenvalue weighted by molar-refractivity contribution is 5.79. The lowest BCUT2D eigenvalue weighted by Crippen LogP contribution is -2.39. The first-order chi connectivity index (χ1) is 16.2. The molecule has 2 aliphatic rings. The number of carbonyl (C=O) groups is 1. The van der Waals surface area contributed by atoms with E-state index in [9.17, 15) is 4.79 Å². The number of rotatable bonds is 6. The van der Waals surface area contributed by atoms with Gasteiger partial charge in [0.25, 0.3) is 0 Å². The number of amides is 1. The third-order valence-corrected chi connectivity index (χ3v) is 6.58. The van der Waals surface area contributed by atoms with Crippen molar-refractivity contribution in [2.75, 3.05) is 33.9 Å². The number of carbonyl (C=O) groups excluding carboxylic acids is 1. The molecule has 1 unspecified atom stereocenters. The van der Waals surface area contributed by atoms with Crippen LogP contribution in [0.2, 0.25) is 0 Å². The molecule has 0 saturated heterocycles. The van der Waals surface area contributed by atoms with Gasteiger partial charge in [0.2, 0.25) is 0 Å². The maximum atomic E-state index is 12.6. The highest BCUT2D eigenvalue weighted by Crippen LogP contribution is 2.44. The molecule has 6 heteroatoms. The van der Waals surface area contributed by atoms with Gasteiger partial charge in [-0.05, 0) is 46.8 Å². The third-order valence-electron chi connectivity index (χ3n) is 6.58. The summed E-state index contributed by atoms with van der Waals surface area (Å²) in [5.74, 6) is 1.58. The minimum Gasteiger partial charge on any atom is -0.497 e. The normalized spacial score (nSPS) is 16.4. The maximum absolute atomic E-state index is 12.6. The molecular weight excluding hydrogens is 416 g/mol. The fraction of sp³-hybridized carbons (Fsp3) is 0.296. The van der Waals surface area contributed by atoms with Gasteiger partial charge in [-0.2, -0.15) is 0 Å². The molecule has 5 rings (SSSR count). The summed E-state index contributed by atoms with van der Waals surface area (Å²) in [6.07, 6.45) is 0.461. The number of fused-ring (bicyclic) bond motifs is 4. The predicted molar refractivity (Wildman–Crippen MR) is 127 cm³/mol. The van der Waals surface area contributed by atoms with E-state index >= 15 is 0 Å². The molecule has 6 nitrogen and oxygen atoms in total. The van der Waals surface area contributed by atoms with Gasteiger partial charge in [0.15, 0.2) is 0 Å². The summed E-state index contributed by atoms with van der Waals surface area (Å²) >= 11 is 0. The Morgan fingerprint density at radius 1 is 1.00 bits per heavy atom. The first-order valence-electron chi connectivity index (χ1n) is 11.3. The molecule has 1 aliphatic heterocycles. The second-order valence-corrected chi connectivity index (χ2v) is 8.37. The van der Waals surface area contributed by atoms with Gasteiger partial charge < -0.3 is 24.8 Å². The fourth-order valence-corrected chi connectivity index (χ4v) is 5.04. The van der Waals surface area contributed by atoms with Gasteiger partial charge in [-0.1, -0.05) is 48.5 Å². The van der Waals surface area contributed by atoms with Crippen LogP contribution in [0, 0.1) is 0 Å². The van der Waals surface area contributed by atoms with Crippen LogP contribution in [0.15, 0.2) is 60.7 Å². The van der Waals surface area contributed by atoms with Crippen LogP contribution in [-0.4, -0.2) is 40.0 Å². The van der Waals surface area contributed by atoms with E-state index in [1.165, 1.54) is 27.8 Å². The summed E-state index contributed by atoms with van der Waals surface area (Å²) in [5, 5.41) is 6.41. The van der Waals surface area contributed by atoms with E-state index in [2.05, 4.69) is 34.9 Å². The Kier molecular flexibility index (Phi) is 5.92. The number of alkyl carbamates (subject to hydrolysis) is 1. The fourth-order valence-electron chi connectivity index (χ4n) is 5.04. The minimum absolute atomic E-state index is 0.0456. The van der Waals surface area contributed by atoms with Gasteiger partial charge >= 0.3 is 6.09 Å². The van der Waals surface area contributed by atoms with Crippen molar-refractivity contribution < 1.29 is 19.0 Å². The van der Waals surface area contributed by atoms with Crippen molar-refractivity contribution in [3.05, 3.63) is 82.9 Å². The summed E-state index contributed by atoms with van der Waals surface area (Å²) in [6, 6.07) is 20.5. The van der Waals surface area contributed by atoms with Gasteiger partial charge in [-0.3, -0.25) is 0 Å². The Hall–Kier alpha value is -3.51. The monoisotopic (exact) mass is 444 g/mol. The van der Waals surface area contributed by atoms with Crippen LogP contribution in [0.1, 0.15) is 34.2 Å². The quantitative estimate of drug-likeness (QED) is 0.589. The molecule has 1 atom stereocenters. The van der Waals surface area contributed by atoms with E-state index in [0.717, 1.165) is 30.0 Å². The Labute approximate surface area is 193 Å². The van der Waals surface area contributed by atoms with Gasteiger partial charge in [0, 0.05) is 24.1 Å². The summed E-state index contributed by atoms with van der Waals surface area (Å²) in [7, 11) is 3.30. The Morgan fingerprint density at radius 3 is 2.36 bits per heavy atom.